The number of methoxy groups -OCH3 is 3. The lowest BCUT2D eigenvalue weighted by atomic mass is 10.2. The van der Waals surface area contributed by atoms with Crippen molar-refractivity contribution in [3.8, 4) is 0 Å². The lowest BCUT2D eigenvalue weighted by Crippen LogP contribution is -2.33. The van der Waals surface area contributed by atoms with Crippen LogP contribution in [0.3, 0.4) is 0 Å². The number of benzene rings is 1. The summed E-state index contributed by atoms with van der Waals surface area (Å²) < 4.78 is 15.5. The molecule has 5 heteroatoms. The summed E-state index contributed by atoms with van der Waals surface area (Å²) in [5, 5.41) is 0.848. The van der Waals surface area contributed by atoms with Gasteiger partial charge in [-0.05, 0) is 12.1 Å². The van der Waals surface area contributed by atoms with Gasteiger partial charge in [0.2, 0.25) is 0 Å². The number of ether oxygens (including phenoxy) is 3. The quantitative estimate of drug-likeness (QED) is 0.770. The van der Waals surface area contributed by atoms with Crippen LogP contribution in [0.15, 0.2) is 18.2 Å². The van der Waals surface area contributed by atoms with E-state index in [4.69, 9.17) is 37.4 Å². The first-order valence-electron chi connectivity index (χ1n) is 4.21. The Hall–Kier alpha value is -0.320. The number of halogens is 2. The summed E-state index contributed by atoms with van der Waals surface area (Å²) in [5.41, 5.74) is 0.459. The third-order valence-corrected chi connectivity index (χ3v) is 2.71. The zero-order chi connectivity index (χ0) is 11.5. The molecule has 3 nitrogen and oxygen atoms in total. The van der Waals surface area contributed by atoms with Crippen LogP contribution in [0.25, 0.3) is 0 Å². The molecule has 0 saturated carbocycles. The highest BCUT2D eigenvalue weighted by Crippen LogP contribution is 2.37. The number of rotatable bonds is 4. The van der Waals surface area contributed by atoms with E-state index in [1.165, 1.54) is 21.3 Å². The van der Waals surface area contributed by atoms with E-state index in [0.717, 1.165) is 0 Å². The van der Waals surface area contributed by atoms with E-state index in [2.05, 4.69) is 0 Å². The van der Waals surface area contributed by atoms with Gasteiger partial charge in [-0.2, -0.15) is 0 Å². The molecule has 84 valence electrons. The highest BCUT2D eigenvalue weighted by molar-refractivity contribution is 6.36. The molecular formula is C10H12Cl2O3. The van der Waals surface area contributed by atoms with Crippen LogP contribution in [-0.2, 0) is 20.2 Å². The molecule has 0 aliphatic heterocycles. The molecule has 0 heterocycles. The standard InChI is InChI=1S/C10H12Cl2O3/c1-13-10(14-2,15-3)9-7(11)5-4-6-8(9)12/h4-6H,1-3H3. The van der Waals surface area contributed by atoms with Crippen LogP contribution in [0.2, 0.25) is 10.0 Å². The fraction of sp³-hybridized carbons (Fsp3) is 0.400. The van der Waals surface area contributed by atoms with Crippen LogP contribution in [0.5, 0.6) is 0 Å². The maximum Gasteiger partial charge on any atom is 0.314 e. The second kappa shape index (κ2) is 5.14. The molecule has 0 fully saturated rings. The molecule has 15 heavy (non-hydrogen) atoms. The van der Waals surface area contributed by atoms with Gasteiger partial charge in [-0.1, -0.05) is 29.3 Å². The number of hydrogen-bond acceptors (Lipinski definition) is 3. The minimum atomic E-state index is -1.37. The largest absolute Gasteiger partial charge is 0.327 e. The Bertz CT molecular complexity index is 309. The summed E-state index contributed by atoms with van der Waals surface area (Å²) in [6, 6.07) is 5.11. The minimum absolute atomic E-state index is 0.424. The highest BCUT2D eigenvalue weighted by Gasteiger charge is 2.36. The Morgan fingerprint density at radius 1 is 0.933 bits per heavy atom. The second-order valence-corrected chi connectivity index (χ2v) is 3.58. The fourth-order valence-corrected chi connectivity index (χ4v) is 1.98. The van der Waals surface area contributed by atoms with E-state index in [-0.39, 0.29) is 0 Å². The van der Waals surface area contributed by atoms with Crippen LogP contribution in [0, 0.1) is 0 Å². The fourth-order valence-electron chi connectivity index (χ4n) is 1.35. The monoisotopic (exact) mass is 250 g/mol. The van der Waals surface area contributed by atoms with Gasteiger partial charge in [-0.25, -0.2) is 0 Å². The van der Waals surface area contributed by atoms with Gasteiger partial charge in [0.25, 0.3) is 0 Å². The van der Waals surface area contributed by atoms with Gasteiger partial charge in [0, 0.05) is 21.3 Å². The SMILES string of the molecule is COC(OC)(OC)c1c(Cl)cccc1Cl. The predicted molar refractivity (Wildman–Crippen MR) is 59.2 cm³/mol. The topological polar surface area (TPSA) is 27.7 Å². The lowest BCUT2D eigenvalue weighted by Gasteiger charge is -2.30. The van der Waals surface area contributed by atoms with Gasteiger partial charge in [0.15, 0.2) is 0 Å². The second-order valence-electron chi connectivity index (χ2n) is 2.77. The van der Waals surface area contributed by atoms with E-state index in [1.54, 1.807) is 18.2 Å². The first kappa shape index (κ1) is 12.7. The zero-order valence-corrected chi connectivity index (χ0v) is 10.2. The van der Waals surface area contributed by atoms with E-state index >= 15 is 0 Å². The molecule has 0 radical (unpaired) electrons. The van der Waals surface area contributed by atoms with Crippen molar-refractivity contribution in [3.05, 3.63) is 33.8 Å². The van der Waals surface area contributed by atoms with Crippen LogP contribution in [0.1, 0.15) is 5.56 Å². The third kappa shape index (κ3) is 2.27. The molecule has 1 aromatic carbocycles. The highest BCUT2D eigenvalue weighted by atomic mass is 35.5. The average molecular weight is 251 g/mol. The molecule has 1 aromatic rings. The van der Waals surface area contributed by atoms with E-state index in [1.807, 2.05) is 0 Å². The molecule has 0 bridgehead atoms. The van der Waals surface area contributed by atoms with Crippen LogP contribution in [-0.4, -0.2) is 21.3 Å². The Morgan fingerprint density at radius 2 is 1.33 bits per heavy atom. The van der Waals surface area contributed by atoms with Gasteiger partial charge < -0.3 is 14.2 Å². The van der Waals surface area contributed by atoms with Crippen LogP contribution in [0.4, 0.5) is 0 Å². The third-order valence-electron chi connectivity index (χ3n) is 2.08. The van der Waals surface area contributed by atoms with Crippen molar-refractivity contribution in [2.75, 3.05) is 21.3 Å². The van der Waals surface area contributed by atoms with E-state index < -0.39 is 5.97 Å². The Balaban J connectivity index is 3.34. The smallest absolute Gasteiger partial charge is 0.314 e. The average Bonchev–Trinajstić information content (AvgIpc) is 2.24. The molecule has 0 spiro atoms. The molecule has 0 aromatic heterocycles. The summed E-state index contributed by atoms with van der Waals surface area (Å²) >= 11 is 12.1. The van der Waals surface area contributed by atoms with Crippen molar-refractivity contribution in [3.63, 3.8) is 0 Å². The molecule has 0 aliphatic carbocycles. The first-order valence-corrected chi connectivity index (χ1v) is 4.97. The van der Waals surface area contributed by atoms with Crippen molar-refractivity contribution in [1.82, 2.24) is 0 Å². The van der Waals surface area contributed by atoms with Gasteiger partial charge in [-0.15, -0.1) is 0 Å². The van der Waals surface area contributed by atoms with Crippen molar-refractivity contribution in [1.29, 1.82) is 0 Å². The van der Waals surface area contributed by atoms with Crippen LogP contribution >= 0.6 is 23.2 Å². The Morgan fingerprint density at radius 3 is 1.67 bits per heavy atom. The van der Waals surface area contributed by atoms with Gasteiger partial charge in [-0.3, -0.25) is 0 Å². The first-order chi connectivity index (χ1) is 7.11. The lowest BCUT2D eigenvalue weighted by molar-refractivity contribution is -0.364. The molecule has 0 saturated heterocycles. The molecule has 0 aliphatic rings. The summed E-state index contributed by atoms with van der Waals surface area (Å²) in [5.74, 6) is -1.37. The summed E-state index contributed by atoms with van der Waals surface area (Å²) in [7, 11) is 4.35. The molecule has 0 unspecified atom stereocenters. The maximum absolute atomic E-state index is 6.03. The zero-order valence-electron chi connectivity index (χ0n) is 8.71. The summed E-state index contributed by atoms with van der Waals surface area (Å²) in [6.45, 7) is 0. The molecule has 0 N–H and O–H groups in total. The number of hydrogen-bond donors (Lipinski definition) is 0. The molecule has 0 amide bonds. The van der Waals surface area contributed by atoms with Crippen molar-refractivity contribution < 1.29 is 14.2 Å². The molecule has 1 rings (SSSR count). The maximum atomic E-state index is 6.03. The van der Waals surface area contributed by atoms with E-state index in [0.29, 0.717) is 15.6 Å². The molecular weight excluding hydrogens is 239 g/mol. The van der Waals surface area contributed by atoms with E-state index in [9.17, 15) is 0 Å². The normalized spacial score (nSPS) is 11.8. The van der Waals surface area contributed by atoms with Gasteiger partial charge in [0.05, 0.1) is 15.6 Å². The van der Waals surface area contributed by atoms with Gasteiger partial charge in [0.1, 0.15) is 0 Å². The van der Waals surface area contributed by atoms with Gasteiger partial charge >= 0.3 is 5.97 Å². The predicted octanol–water partition coefficient (Wildman–Crippen LogP) is 3.04. The molecule has 0 atom stereocenters. The van der Waals surface area contributed by atoms with Crippen molar-refractivity contribution in [2.24, 2.45) is 0 Å². The Kier molecular flexibility index (Phi) is 4.37. The van der Waals surface area contributed by atoms with Crippen molar-refractivity contribution in [2.45, 2.75) is 5.97 Å². The summed E-state index contributed by atoms with van der Waals surface area (Å²) in [6.07, 6.45) is 0. The minimum Gasteiger partial charge on any atom is -0.327 e. The Labute approximate surface area is 98.8 Å². The van der Waals surface area contributed by atoms with Crippen molar-refractivity contribution >= 4 is 23.2 Å². The summed E-state index contributed by atoms with van der Waals surface area (Å²) in [4.78, 5) is 0. The van der Waals surface area contributed by atoms with Crippen LogP contribution < -0.4 is 0 Å².